The number of amides is 1. The number of piperazine rings is 1. The average molecular weight is 513 g/mol. The molecule has 2 N–H and O–H groups in total. The Morgan fingerprint density at radius 3 is 2.29 bits per heavy atom. The monoisotopic (exact) mass is 512 g/mol. The molecule has 1 amide bonds. The first-order valence-corrected chi connectivity index (χ1v) is 13.4. The molecule has 0 radical (unpaired) electrons. The number of rotatable bonds is 9. The second kappa shape index (κ2) is 12.6. The van der Waals surface area contributed by atoms with E-state index in [1.807, 2.05) is 49.7 Å². The van der Waals surface area contributed by atoms with Gasteiger partial charge in [-0.2, -0.15) is 0 Å². The van der Waals surface area contributed by atoms with Gasteiger partial charge in [-0.3, -0.25) is 4.79 Å². The van der Waals surface area contributed by atoms with Crippen molar-refractivity contribution in [1.82, 2.24) is 14.8 Å². The van der Waals surface area contributed by atoms with Crippen LogP contribution in [0.3, 0.4) is 0 Å². The number of anilines is 3. The SMILES string of the molecule is CCCNc1cc(-c2ccc(N/C=C(\C)c3ccc(C(=O)N(C)C)cc3)nc2)ccc1N1CCN(C)CC1. The summed E-state index contributed by atoms with van der Waals surface area (Å²) in [6, 6.07) is 18.5. The fourth-order valence-corrected chi connectivity index (χ4v) is 4.49. The van der Waals surface area contributed by atoms with Crippen LogP contribution in [0, 0.1) is 0 Å². The van der Waals surface area contributed by atoms with Gasteiger partial charge >= 0.3 is 0 Å². The largest absolute Gasteiger partial charge is 0.383 e. The number of hydrogen-bond donors (Lipinski definition) is 2. The fraction of sp³-hybridized carbons (Fsp3) is 0.355. The van der Waals surface area contributed by atoms with Gasteiger partial charge in [0.15, 0.2) is 0 Å². The summed E-state index contributed by atoms with van der Waals surface area (Å²) in [6.45, 7) is 9.45. The zero-order chi connectivity index (χ0) is 27.1. The highest BCUT2D eigenvalue weighted by Crippen LogP contribution is 2.32. The molecule has 2 heterocycles. The third-order valence-electron chi connectivity index (χ3n) is 6.93. The summed E-state index contributed by atoms with van der Waals surface area (Å²) < 4.78 is 0. The van der Waals surface area contributed by atoms with E-state index in [0.29, 0.717) is 5.56 Å². The van der Waals surface area contributed by atoms with Gasteiger partial charge in [-0.15, -0.1) is 0 Å². The maximum atomic E-state index is 12.1. The quantitative estimate of drug-likeness (QED) is 0.395. The third-order valence-corrected chi connectivity index (χ3v) is 6.93. The number of carbonyl (C=O) groups is 1. The summed E-state index contributed by atoms with van der Waals surface area (Å²) >= 11 is 0. The molecular formula is C31H40N6O. The Morgan fingerprint density at radius 1 is 0.974 bits per heavy atom. The summed E-state index contributed by atoms with van der Waals surface area (Å²) in [5, 5.41) is 6.94. The molecule has 0 aliphatic carbocycles. The number of aromatic nitrogens is 1. The van der Waals surface area contributed by atoms with E-state index in [2.05, 4.69) is 63.7 Å². The molecule has 7 nitrogen and oxygen atoms in total. The van der Waals surface area contributed by atoms with Crippen LogP contribution in [-0.2, 0) is 0 Å². The van der Waals surface area contributed by atoms with Gasteiger partial charge in [0.2, 0.25) is 0 Å². The molecule has 1 aliphatic rings. The van der Waals surface area contributed by atoms with Crippen LogP contribution in [0.2, 0.25) is 0 Å². The second-order valence-corrected chi connectivity index (χ2v) is 10.1. The van der Waals surface area contributed by atoms with E-state index in [-0.39, 0.29) is 5.91 Å². The highest BCUT2D eigenvalue weighted by molar-refractivity contribution is 5.94. The van der Waals surface area contributed by atoms with Gasteiger partial charge in [0.25, 0.3) is 5.91 Å². The van der Waals surface area contributed by atoms with Crippen molar-refractivity contribution in [2.24, 2.45) is 0 Å². The highest BCUT2D eigenvalue weighted by atomic mass is 16.2. The second-order valence-electron chi connectivity index (χ2n) is 10.1. The Hall–Kier alpha value is -3.84. The molecule has 0 saturated carbocycles. The minimum atomic E-state index is 0.00262. The van der Waals surface area contributed by atoms with Gasteiger partial charge in [0.1, 0.15) is 5.82 Å². The summed E-state index contributed by atoms with van der Waals surface area (Å²) in [6.07, 6.45) is 4.95. The van der Waals surface area contributed by atoms with E-state index in [1.165, 1.54) is 11.4 Å². The predicted molar refractivity (Wildman–Crippen MR) is 160 cm³/mol. The van der Waals surface area contributed by atoms with Gasteiger partial charge in [0, 0.05) is 70.3 Å². The third kappa shape index (κ3) is 6.72. The number of pyridine rings is 1. The van der Waals surface area contributed by atoms with Gasteiger partial charge in [0.05, 0.1) is 11.4 Å². The van der Waals surface area contributed by atoms with Crippen LogP contribution in [0.5, 0.6) is 0 Å². The van der Waals surface area contributed by atoms with Crippen LogP contribution in [0.25, 0.3) is 16.7 Å². The zero-order valence-electron chi connectivity index (χ0n) is 23.3. The van der Waals surface area contributed by atoms with Gasteiger partial charge in [-0.05, 0) is 73.5 Å². The molecule has 0 spiro atoms. The van der Waals surface area contributed by atoms with E-state index in [4.69, 9.17) is 0 Å². The van der Waals surface area contributed by atoms with Gasteiger partial charge < -0.3 is 25.3 Å². The zero-order valence-corrected chi connectivity index (χ0v) is 23.3. The van der Waals surface area contributed by atoms with Crippen LogP contribution >= 0.6 is 0 Å². The van der Waals surface area contributed by atoms with Crippen molar-refractivity contribution in [1.29, 1.82) is 0 Å². The van der Waals surface area contributed by atoms with Crippen molar-refractivity contribution in [3.05, 3.63) is 78.1 Å². The molecule has 2 aromatic carbocycles. The Kier molecular flexibility index (Phi) is 9.02. The molecule has 200 valence electrons. The average Bonchev–Trinajstić information content (AvgIpc) is 2.95. The molecule has 38 heavy (non-hydrogen) atoms. The summed E-state index contributed by atoms with van der Waals surface area (Å²) in [5.41, 5.74) is 7.50. The first-order chi connectivity index (χ1) is 18.4. The lowest BCUT2D eigenvalue weighted by molar-refractivity contribution is 0.0827. The summed E-state index contributed by atoms with van der Waals surface area (Å²) in [7, 11) is 5.71. The molecule has 7 heteroatoms. The highest BCUT2D eigenvalue weighted by Gasteiger charge is 2.17. The van der Waals surface area contributed by atoms with E-state index in [1.54, 1.807) is 19.0 Å². The minimum Gasteiger partial charge on any atom is -0.383 e. The maximum absolute atomic E-state index is 12.1. The number of nitrogens with zero attached hydrogens (tertiary/aromatic N) is 4. The Bertz CT molecular complexity index is 1240. The van der Waals surface area contributed by atoms with Crippen LogP contribution in [0.15, 0.2) is 67.0 Å². The van der Waals surface area contributed by atoms with Crippen LogP contribution in [0.4, 0.5) is 17.2 Å². The van der Waals surface area contributed by atoms with Gasteiger partial charge in [-0.25, -0.2) is 4.98 Å². The van der Waals surface area contributed by atoms with Crippen molar-refractivity contribution < 1.29 is 4.79 Å². The van der Waals surface area contributed by atoms with E-state index < -0.39 is 0 Å². The molecule has 1 fully saturated rings. The number of benzene rings is 2. The summed E-state index contributed by atoms with van der Waals surface area (Å²) in [4.78, 5) is 23.2. The van der Waals surface area contributed by atoms with E-state index >= 15 is 0 Å². The lowest BCUT2D eigenvalue weighted by Crippen LogP contribution is -2.44. The lowest BCUT2D eigenvalue weighted by Gasteiger charge is -2.35. The molecule has 4 rings (SSSR count). The number of carbonyl (C=O) groups excluding carboxylic acids is 1. The molecular weight excluding hydrogens is 472 g/mol. The number of allylic oxidation sites excluding steroid dienone is 1. The number of likely N-dealkylation sites (N-methyl/N-ethyl adjacent to an activating group) is 1. The van der Waals surface area contributed by atoms with Crippen molar-refractivity contribution in [2.45, 2.75) is 20.3 Å². The first kappa shape index (κ1) is 27.2. The Labute approximate surface area is 227 Å². The lowest BCUT2D eigenvalue weighted by atomic mass is 10.0. The van der Waals surface area contributed by atoms with Crippen LogP contribution < -0.4 is 15.5 Å². The van der Waals surface area contributed by atoms with Crippen molar-refractivity contribution in [2.75, 3.05) is 69.4 Å². The molecule has 3 aromatic rings. The number of hydrogen-bond acceptors (Lipinski definition) is 6. The maximum Gasteiger partial charge on any atom is 0.253 e. The molecule has 0 bridgehead atoms. The normalized spacial score (nSPS) is 14.3. The molecule has 0 unspecified atom stereocenters. The van der Waals surface area contributed by atoms with Crippen LogP contribution in [0.1, 0.15) is 36.2 Å². The predicted octanol–water partition coefficient (Wildman–Crippen LogP) is 5.50. The molecule has 1 saturated heterocycles. The van der Waals surface area contributed by atoms with Gasteiger partial charge in [-0.1, -0.05) is 25.1 Å². The standard InChI is InChI=1S/C31H40N6O/c1-6-15-32-28-20-26(11-13-29(28)37-18-16-36(5)17-19-37)27-12-14-30(34-22-27)33-21-23(2)24-7-9-25(10-8-24)31(38)35(3)4/h7-14,20-22,32H,6,15-19H2,1-5H3,(H,33,34)/b23-21+. The molecule has 1 aliphatic heterocycles. The minimum absolute atomic E-state index is 0.00262. The summed E-state index contributed by atoms with van der Waals surface area (Å²) in [5.74, 6) is 0.786. The van der Waals surface area contributed by atoms with Crippen molar-refractivity contribution in [3.8, 4) is 11.1 Å². The number of nitrogens with one attached hydrogen (secondary N) is 2. The Morgan fingerprint density at radius 2 is 1.66 bits per heavy atom. The van der Waals surface area contributed by atoms with E-state index in [0.717, 1.165) is 67.2 Å². The smallest absolute Gasteiger partial charge is 0.253 e. The fourth-order valence-electron chi connectivity index (χ4n) is 4.49. The Balaban J connectivity index is 1.45. The van der Waals surface area contributed by atoms with Crippen molar-refractivity contribution >= 4 is 28.7 Å². The molecule has 0 atom stereocenters. The van der Waals surface area contributed by atoms with Crippen LogP contribution in [-0.4, -0.2) is 74.6 Å². The first-order valence-electron chi connectivity index (χ1n) is 13.4. The van der Waals surface area contributed by atoms with Crippen molar-refractivity contribution in [3.63, 3.8) is 0 Å². The molecule has 1 aromatic heterocycles. The van der Waals surface area contributed by atoms with E-state index in [9.17, 15) is 4.79 Å². The topological polar surface area (TPSA) is 63.7 Å².